The van der Waals surface area contributed by atoms with E-state index in [1.54, 1.807) is 0 Å². The summed E-state index contributed by atoms with van der Waals surface area (Å²) in [6, 6.07) is 9.31. The second-order valence-electron chi connectivity index (χ2n) is 5.75. The third-order valence-corrected chi connectivity index (χ3v) is 4.32. The van der Waals surface area contributed by atoms with Crippen molar-refractivity contribution < 1.29 is 0 Å². The molecule has 3 heteroatoms. The van der Waals surface area contributed by atoms with Crippen LogP contribution in [0.1, 0.15) is 31.7 Å². The van der Waals surface area contributed by atoms with E-state index in [-0.39, 0.29) is 6.04 Å². The van der Waals surface area contributed by atoms with Gasteiger partial charge in [-0.15, -0.1) is 0 Å². The molecule has 0 aliphatic carbocycles. The van der Waals surface area contributed by atoms with Crippen molar-refractivity contribution in [1.82, 2.24) is 9.88 Å². The van der Waals surface area contributed by atoms with Crippen molar-refractivity contribution in [2.75, 3.05) is 6.54 Å². The van der Waals surface area contributed by atoms with Gasteiger partial charge in [0.1, 0.15) is 0 Å². The number of piperidine rings is 1. The van der Waals surface area contributed by atoms with Crippen LogP contribution in [0.5, 0.6) is 0 Å². The topological polar surface area (TPSA) is 45.0 Å². The van der Waals surface area contributed by atoms with Gasteiger partial charge in [0.15, 0.2) is 0 Å². The maximum Gasteiger partial charge on any atom is 0.0457 e. The number of nitrogens with one attached hydrogen (secondary N) is 1. The SMILES string of the molecule is CC(N)C1CCCCN1Cc1c[nH]c2ccccc12. The van der Waals surface area contributed by atoms with Gasteiger partial charge < -0.3 is 10.7 Å². The number of hydrogen-bond acceptors (Lipinski definition) is 2. The quantitative estimate of drug-likeness (QED) is 0.888. The van der Waals surface area contributed by atoms with Crippen molar-refractivity contribution in [3.8, 4) is 0 Å². The number of aromatic amines is 1. The first kappa shape index (κ1) is 12.7. The first-order valence-corrected chi connectivity index (χ1v) is 7.30. The van der Waals surface area contributed by atoms with Gasteiger partial charge >= 0.3 is 0 Å². The molecule has 1 aromatic heterocycles. The molecule has 1 aliphatic heterocycles. The van der Waals surface area contributed by atoms with Crippen LogP contribution < -0.4 is 5.73 Å². The van der Waals surface area contributed by atoms with Crippen molar-refractivity contribution in [2.45, 2.75) is 44.8 Å². The summed E-state index contributed by atoms with van der Waals surface area (Å²) in [5.74, 6) is 0. The van der Waals surface area contributed by atoms with Gasteiger partial charge in [-0.05, 0) is 37.9 Å². The number of H-pyrrole nitrogens is 1. The fourth-order valence-corrected chi connectivity index (χ4v) is 3.29. The van der Waals surface area contributed by atoms with Crippen LogP contribution in [0.25, 0.3) is 10.9 Å². The van der Waals surface area contributed by atoms with Gasteiger partial charge in [0.2, 0.25) is 0 Å². The van der Waals surface area contributed by atoms with Gasteiger partial charge in [0.25, 0.3) is 0 Å². The molecule has 1 aromatic carbocycles. The highest BCUT2D eigenvalue weighted by Crippen LogP contribution is 2.25. The molecule has 2 aromatic rings. The highest BCUT2D eigenvalue weighted by atomic mass is 15.2. The van der Waals surface area contributed by atoms with Gasteiger partial charge in [-0.1, -0.05) is 24.6 Å². The van der Waals surface area contributed by atoms with Crippen LogP contribution in [-0.4, -0.2) is 28.5 Å². The van der Waals surface area contributed by atoms with Gasteiger partial charge in [-0.3, -0.25) is 4.90 Å². The van der Waals surface area contributed by atoms with E-state index < -0.39 is 0 Å². The molecule has 2 unspecified atom stereocenters. The molecule has 2 heterocycles. The van der Waals surface area contributed by atoms with Gasteiger partial charge in [-0.25, -0.2) is 0 Å². The first-order valence-electron chi connectivity index (χ1n) is 7.30. The highest BCUT2D eigenvalue weighted by molar-refractivity contribution is 5.82. The second kappa shape index (κ2) is 5.35. The van der Waals surface area contributed by atoms with Crippen molar-refractivity contribution in [1.29, 1.82) is 0 Å². The zero-order chi connectivity index (χ0) is 13.2. The number of rotatable bonds is 3. The molecule has 1 aliphatic rings. The molecule has 2 atom stereocenters. The third kappa shape index (κ3) is 2.53. The summed E-state index contributed by atoms with van der Waals surface area (Å²) in [6.45, 7) is 4.32. The second-order valence-corrected chi connectivity index (χ2v) is 5.75. The van der Waals surface area contributed by atoms with Gasteiger partial charge in [0.05, 0.1) is 0 Å². The highest BCUT2D eigenvalue weighted by Gasteiger charge is 2.25. The Balaban J connectivity index is 1.83. The minimum absolute atomic E-state index is 0.255. The number of benzene rings is 1. The molecule has 3 nitrogen and oxygen atoms in total. The standard InChI is InChI=1S/C16H23N3/c1-12(17)16-8-4-5-9-19(16)11-13-10-18-15-7-3-2-6-14(13)15/h2-3,6-7,10,12,16,18H,4-5,8-9,11,17H2,1H3. The Morgan fingerprint density at radius 1 is 1.37 bits per heavy atom. The summed E-state index contributed by atoms with van der Waals surface area (Å²) in [6.07, 6.45) is 6.00. The molecule has 0 bridgehead atoms. The molecule has 1 fully saturated rings. The zero-order valence-electron chi connectivity index (χ0n) is 11.6. The van der Waals surface area contributed by atoms with E-state index >= 15 is 0 Å². The molecule has 19 heavy (non-hydrogen) atoms. The molecule has 1 saturated heterocycles. The number of nitrogens with zero attached hydrogens (tertiary/aromatic N) is 1. The molecule has 3 N–H and O–H groups in total. The average molecular weight is 257 g/mol. The molecule has 3 rings (SSSR count). The molecular formula is C16H23N3. The van der Waals surface area contributed by atoms with Crippen molar-refractivity contribution in [3.63, 3.8) is 0 Å². The number of nitrogens with two attached hydrogens (primary N) is 1. The van der Waals surface area contributed by atoms with Gasteiger partial charge in [-0.2, -0.15) is 0 Å². The molecular weight excluding hydrogens is 234 g/mol. The Bertz CT molecular complexity index is 544. The normalized spacial score (nSPS) is 22.7. The van der Waals surface area contributed by atoms with Crippen molar-refractivity contribution in [2.24, 2.45) is 5.73 Å². The molecule has 0 radical (unpaired) electrons. The van der Waals surface area contributed by atoms with E-state index in [0.717, 1.165) is 6.54 Å². The van der Waals surface area contributed by atoms with Crippen molar-refractivity contribution >= 4 is 10.9 Å². The number of hydrogen-bond donors (Lipinski definition) is 2. The van der Waals surface area contributed by atoms with E-state index in [0.29, 0.717) is 6.04 Å². The summed E-state index contributed by atoms with van der Waals surface area (Å²) in [4.78, 5) is 5.92. The van der Waals surface area contributed by atoms with E-state index in [2.05, 4.69) is 47.3 Å². The fraction of sp³-hybridized carbons (Fsp3) is 0.500. The lowest BCUT2D eigenvalue weighted by Crippen LogP contribution is -2.48. The predicted octanol–water partition coefficient (Wildman–Crippen LogP) is 2.87. The summed E-state index contributed by atoms with van der Waals surface area (Å²) in [7, 11) is 0. The van der Waals surface area contributed by atoms with Crippen molar-refractivity contribution in [3.05, 3.63) is 36.0 Å². The molecule has 0 amide bonds. The smallest absolute Gasteiger partial charge is 0.0457 e. The Morgan fingerprint density at radius 2 is 2.21 bits per heavy atom. The number of likely N-dealkylation sites (tertiary alicyclic amines) is 1. The van der Waals surface area contributed by atoms with Crippen LogP contribution in [-0.2, 0) is 6.54 Å². The maximum absolute atomic E-state index is 6.15. The van der Waals surface area contributed by atoms with E-state index in [9.17, 15) is 0 Å². The molecule has 0 saturated carbocycles. The Hall–Kier alpha value is -1.32. The van der Waals surface area contributed by atoms with Crippen LogP contribution >= 0.6 is 0 Å². The number of aromatic nitrogens is 1. The maximum atomic E-state index is 6.15. The zero-order valence-corrected chi connectivity index (χ0v) is 11.6. The van der Waals surface area contributed by atoms with Crippen LogP contribution in [0, 0.1) is 0 Å². The summed E-state index contributed by atoms with van der Waals surface area (Å²) in [5, 5.41) is 1.34. The Labute approximate surface area is 114 Å². The van der Waals surface area contributed by atoms with Crippen LogP contribution in [0.4, 0.5) is 0 Å². The summed E-state index contributed by atoms with van der Waals surface area (Å²) in [5.41, 5.74) is 8.77. The monoisotopic (exact) mass is 257 g/mol. The third-order valence-electron chi connectivity index (χ3n) is 4.32. The minimum Gasteiger partial charge on any atom is -0.361 e. The number of fused-ring (bicyclic) bond motifs is 1. The van der Waals surface area contributed by atoms with E-state index in [1.165, 1.54) is 42.3 Å². The predicted molar refractivity (Wildman–Crippen MR) is 80.0 cm³/mol. The first-order chi connectivity index (χ1) is 9.25. The average Bonchev–Trinajstić information content (AvgIpc) is 2.83. The molecule has 102 valence electrons. The van der Waals surface area contributed by atoms with Gasteiger partial charge in [0, 0.05) is 35.7 Å². The minimum atomic E-state index is 0.255. The van der Waals surface area contributed by atoms with E-state index in [4.69, 9.17) is 5.73 Å². The van der Waals surface area contributed by atoms with E-state index in [1.807, 2.05) is 0 Å². The Kier molecular flexibility index (Phi) is 3.58. The lowest BCUT2D eigenvalue weighted by atomic mass is 9.96. The Morgan fingerprint density at radius 3 is 3.05 bits per heavy atom. The molecule has 0 spiro atoms. The van der Waals surface area contributed by atoms with Crippen LogP contribution in [0.2, 0.25) is 0 Å². The lowest BCUT2D eigenvalue weighted by Gasteiger charge is -2.38. The van der Waals surface area contributed by atoms with Crippen LogP contribution in [0.15, 0.2) is 30.5 Å². The summed E-state index contributed by atoms with van der Waals surface area (Å²) >= 11 is 0. The lowest BCUT2D eigenvalue weighted by molar-refractivity contribution is 0.123. The largest absolute Gasteiger partial charge is 0.361 e. The summed E-state index contributed by atoms with van der Waals surface area (Å²) < 4.78 is 0. The fourth-order valence-electron chi connectivity index (χ4n) is 3.29. The van der Waals surface area contributed by atoms with Crippen LogP contribution in [0.3, 0.4) is 0 Å². The number of para-hydroxylation sites is 1.